The highest BCUT2D eigenvalue weighted by Gasteiger charge is 2.28. The van der Waals surface area contributed by atoms with Gasteiger partial charge in [-0.1, -0.05) is 36.1 Å². The molecule has 2 rings (SSSR count). The molecule has 0 atom stereocenters. The lowest BCUT2D eigenvalue weighted by atomic mass is 10.1. The van der Waals surface area contributed by atoms with Crippen LogP contribution in [0, 0.1) is 5.82 Å². The number of anilines is 1. The Hall–Kier alpha value is -2.94. The largest absolute Gasteiger partial charge is 0.572 e. The van der Waals surface area contributed by atoms with Crippen LogP contribution >= 0.6 is 11.3 Å². The third-order valence-electron chi connectivity index (χ3n) is 3.26. The van der Waals surface area contributed by atoms with Gasteiger partial charge in [0, 0.05) is 6.20 Å². The van der Waals surface area contributed by atoms with Crippen LogP contribution in [0.2, 0.25) is 0 Å². The third-order valence-corrected chi connectivity index (χ3v) is 4.20. The number of benzene rings is 1. The van der Waals surface area contributed by atoms with Gasteiger partial charge in [0.2, 0.25) is 0 Å². The van der Waals surface area contributed by atoms with Gasteiger partial charge in [-0.25, -0.2) is 9.37 Å². The zero-order chi connectivity index (χ0) is 20.0. The number of hydrogen-bond donors (Lipinski definition) is 1. The Morgan fingerprint density at radius 1 is 1.33 bits per heavy atom. The van der Waals surface area contributed by atoms with Crippen LogP contribution in [0.4, 0.5) is 22.7 Å². The first-order chi connectivity index (χ1) is 12.7. The molecule has 27 heavy (non-hydrogen) atoms. The van der Waals surface area contributed by atoms with Crippen LogP contribution < -0.4 is 5.32 Å². The number of nitrogens with zero attached hydrogens (tertiary/aromatic N) is 1. The summed E-state index contributed by atoms with van der Waals surface area (Å²) in [7, 11) is 0. The fourth-order valence-electron chi connectivity index (χ4n) is 2.03. The maximum absolute atomic E-state index is 13.6. The van der Waals surface area contributed by atoms with Crippen molar-refractivity contribution in [3.05, 3.63) is 77.3 Å². The smallest absolute Gasteiger partial charge is 0.414 e. The molecule has 2 aromatic rings. The number of hydrogen-bond acceptors (Lipinski definition) is 4. The number of ether oxygens (including phenoxy) is 1. The summed E-state index contributed by atoms with van der Waals surface area (Å²) in [4.78, 5) is 16.7. The number of aromatic nitrogens is 1. The Bertz CT molecular complexity index is 901. The minimum absolute atomic E-state index is 0.128. The second-order valence-corrected chi connectivity index (χ2v) is 6.16. The van der Waals surface area contributed by atoms with Crippen LogP contribution in [0.15, 0.2) is 61.0 Å². The second-order valence-electron chi connectivity index (χ2n) is 5.13. The highest BCUT2D eigenvalue weighted by Crippen LogP contribution is 2.29. The van der Waals surface area contributed by atoms with E-state index in [1.807, 2.05) is 0 Å². The van der Waals surface area contributed by atoms with E-state index in [0.29, 0.717) is 22.3 Å². The molecule has 1 N–H and O–H groups in total. The summed E-state index contributed by atoms with van der Waals surface area (Å²) < 4.78 is 53.3. The van der Waals surface area contributed by atoms with Crippen molar-refractivity contribution in [1.82, 2.24) is 4.98 Å². The van der Waals surface area contributed by atoms with Crippen LogP contribution in [0.3, 0.4) is 0 Å². The number of carbonyl (C=O) groups is 1. The van der Waals surface area contributed by atoms with Gasteiger partial charge < -0.3 is 4.74 Å². The van der Waals surface area contributed by atoms with Gasteiger partial charge in [0.25, 0.3) is 5.91 Å². The lowest BCUT2D eigenvalue weighted by Crippen LogP contribution is -2.13. The quantitative estimate of drug-likeness (QED) is 0.395. The summed E-state index contributed by atoms with van der Waals surface area (Å²) in [5, 5.41) is 2.69. The van der Waals surface area contributed by atoms with Crippen molar-refractivity contribution in [2.24, 2.45) is 0 Å². The number of alkyl halides is 3. The van der Waals surface area contributed by atoms with Crippen LogP contribution in [0.25, 0.3) is 5.57 Å². The molecular formula is C18H14F4N2O2S. The molecule has 9 heteroatoms. The average molecular weight is 398 g/mol. The lowest BCUT2D eigenvalue weighted by Gasteiger charge is -2.05. The van der Waals surface area contributed by atoms with Gasteiger partial charge in [-0.3, -0.25) is 10.1 Å². The molecule has 1 aromatic carbocycles. The minimum Gasteiger partial charge on any atom is -0.414 e. The molecule has 142 valence electrons. The predicted octanol–water partition coefficient (Wildman–Crippen LogP) is 5.54. The van der Waals surface area contributed by atoms with Gasteiger partial charge in [0.15, 0.2) is 5.13 Å². The van der Waals surface area contributed by atoms with E-state index < -0.39 is 18.1 Å². The summed E-state index contributed by atoms with van der Waals surface area (Å²) in [5.74, 6) is -1.32. The van der Waals surface area contributed by atoms with Crippen LogP contribution in [-0.2, 0) is 4.74 Å². The SMILES string of the molecule is C=CC(=C(C)C=COC(F)(F)F)c1cnc(NC(=O)c2ccccc2F)s1. The second kappa shape index (κ2) is 8.63. The number of amides is 1. The van der Waals surface area contributed by atoms with Crippen molar-refractivity contribution >= 4 is 27.9 Å². The van der Waals surface area contributed by atoms with Gasteiger partial charge >= 0.3 is 6.36 Å². The molecule has 4 nitrogen and oxygen atoms in total. The molecule has 0 aliphatic rings. The predicted molar refractivity (Wildman–Crippen MR) is 95.5 cm³/mol. The molecule has 0 spiro atoms. The van der Waals surface area contributed by atoms with E-state index >= 15 is 0 Å². The maximum Gasteiger partial charge on any atom is 0.572 e. The number of allylic oxidation sites excluding steroid dienone is 4. The van der Waals surface area contributed by atoms with Crippen molar-refractivity contribution in [2.75, 3.05) is 5.32 Å². The van der Waals surface area contributed by atoms with Crippen molar-refractivity contribution in [3.8, 4) is 0 Å². The Kier molecular flexibility index (Phi) is 6.51. The maximum atomic E-state index is 13.6. The van der Waals surface area contributed by atoms with Crippen molar-refractivity contribution in [1.29, 1.82) is 0 Å². The number of thiazole rings is 1. The molecule has 1 amide bonds. The van der Waals surface area contributed by atoms with Gasteiger partial charge in [-0.2, -0.15) is 0 Å². The zero-order valence-corrected chi connectivity index (χ0v) is 14.8. The lowest BCUT2D eigenvalue weighted by molar-refractivity contribution is -0.298. The van der Waals surface area contributed by atoms with E-state index in [-0.39, 0.29) is 10.7 Å². The number of halogens is 4. The third kappa shape index (κ3) is 5.78. The van der Waals surface area contributed by atoms with Gasteiger partial charge in [0.1, 0.15) is 5.82 Å². The van der Waals surface area contributed by atoms with Crippen LogP contribution in [0.5, 0.6) is 0 Å². The van der Waals surface area contributed by atoms with E-state index in [9.17, 15) is 22.4 Å². The van der Waals surface area contributed by atoms with Gasteiger partial charge in [-0.15, -0.1) is 13.2 Å². The summed E-state index contributed by atoms with van der Waals surface area (Å²) in [6, 6.07) is 5.50. The van der Waals surface area contributed by atoms with Crippen LogP contribution in [0.1, 0.15) is 22.2 Å². The summed E-state index contributed by atoms with van der Waals surface area (Å²) >= 11 is 1.07. The van der Waals surface area contributed by atoms with Gasteiger partial charge in [0.05, 0.1) is 16.7 Å². The molecule has 1 aromatic heterocycles. The molecule has 1 heterocycles. The molecule has 0 saturated carbocycles. The number of carbonyl (C=O) groups excluding carboxylic acids is 1. The normalized spacial score (nSPS) is 12.6. The standard InChI is InChI=1S/C18H14F4N2O2S/c1-3-12(11(2)8-9-26-18(20,21)22)15-10-23-17(27-15)24-16(25)13-6-4-5-7-14(13)19/h3-10H,1H2,2H3,(H,23,24,25). The molecule has 0 saturated heterocycles. The first-order valence-corrected chi connectivity index (χ1v) is 8.29. The van der Waals surface area contributed by atoms with Crippen molar-refractivity contribution in [2.45, 2.75) is 13.3 Å². The van der Waals surface area contributed by atoms with Crippen molar-refractivity contribution < 1.29 is 27.1 Å². The molecule has 0 bridgehead atoms. The Labute approximate surface area is 156 Å². The Morgan fingerprint density at radius 2 is 2.04 bits per heavy atom. The van der Waals surface area contributed by atoms with Gasteiger partial charge in [-0.05, 0) is 36.3 Å². The number of rotatable bonds is 6. The molecule has 0 unspecified atom stereocenters. The molecule has 0 radical (unpaired) electrons. The first-order valence-electron chi connectivity index (χ1n) is 7.47. The highest BCUT2D eigenvalue weighted by molar-refractivity contribution is 7.16. The van der Waals surface area contributed by atoms with E-state index in [4.69, 9.17) is 0 Å². The first kappa shape index (κ1) is 20.4. The van der Waals surface area contributed by atoms with E-state index in [2.05, 4.69) is 21.6 Å². The molecular weight excluding hydrogens is 384 g/mol. The monoisotopic (exact) mass is 398 g/mol. The highest BCUT2D eigenvalue weighted by atomic mass is 32.1. The van der Waals surface area contributed by atoms with Crippen LogP contribution in [-0.4, -0.2) is 17.3 Å². The molecule has 0 aliphatic carbocycles. The summed E-state index contributed by atoms with van der Waals surface area (Å²) in [6.07, 6.45) is -0.216. The summed E-state index contributed by atoms with van der Waals surface area (Å²) in [5.41, 5.74) is 0.836. The van der Waals surface area contributed by atoms with E-state index in [1.165, 1.54) is 36.5 Å². The fourth-order valence-corrected chi connectivity index (χ4v) is 2.94. The molecule has 0 aliphatic heterocycles. The zero-order valence-electron chi connectivity index (χ0n) is 14.0. The average Bonchev–Trinajstić information content (AvgIpc) is 3.02. The van der Waals surface area contributed by atoms with Crippen molar-refractivity contribution in [3.63, 3.8) is 0 Å². The Morgan fingerprint density at radius 3 is 2.67 bits per heavy atom. The molecule has 0 fully saturated rings. The minimum atomic E-state index is -4.76. The fraction of sp³-hybridized carbons (Fsp3) is 0.111. The topological polar surface area (TPSA) is 51.2 Å². The number of nitrogens with one attached hydrogen (secondary N) is 1. The van der Waals surface area contributed by atoms with E-state index in [1.54, 1.807) is 6.92 Å². The Balaban J connectivity index is 2.17. The summed E-state index contributed by atoms with van der Waals surface area (Å²) in [6.45, 7) is 5.21. The van der Waals surface area contributed by atoms with E-state index in [0.717, 1.165) is 17.4 Å².